The highest BCUT2D eigenvalue weighted by atomic mass is 79.9. The minimum Gasteiger partial charge on any atom is -0.320 e. The molecule has 2 aromatic rings. The average molecular weight is 291 g/mol. The minimum atomic E-state index is -0.141. The van der Waals surface area contributed by atoms with E-state index in [2.05, 4.69) is 40.0 Å². The molecule has 0 aliphatic rings. The Morgan fingerprint density at radius 2 is 1.94 bits per heavy atom. The second kappa shape index (κ2) is 4.98. The average Bonchev–Trinajstić information content (AvgIpc) is 2.32. The summed E-state index contributed by atoms with van der Waals surface area (Å²) >= 11 is 3.54. The Kier molecular flexibility index (Phi) is 3.60. The molecule has 0 saturated heterocycles. The quantitative estimate of drug-likeness (QED) is 0.919. The van der Waals surface area contributed by atoms with E-state index in [-0.39, 0.29) is 6.04 Å². The molecular weight excluding hydrogens is 276 g/mol. The molecule has 0 aliphatic carbocycles. The lowest BCUT2D eigenvalue weighted by molar-refractivity contribution is 0.853. The topological polar surface area (TPSA) is 38.9 Å². The van der Waals surface area contributed by atoms with Crippen LogP contribution in [0.15, 0.2) is 41.0 Å². The van der Waals surface area contributed by atoms with Gasteiger partial charge in [-0.3, -0.25) is 4.98 Å². The largest absolute Gasteiger partial charge is 0.320 e. The number of nitrogens with zero attached hydrogens (tertiary/aromatic N) is 1. The van der Waals surface area contributed by atoms with Gasteiger partial charge in [0.15, 0.2) is 0 Å². The number of hydrogen-bond acceptors (Lipinski definition) is 2. The van der Waals surface area contributed by atoms with E-state index < -0.39 is 0 Å². The number of nitrogens with two attached hydrogens (primary N) is 1. The van der Waals surface area contributed by atoms with Crippen LogP contribution in [-0.2, 0) is 0 Å². The van der Waals surface area contributed by atoms with E-state index in [1.165, 1.54) is 5.56 Å². The third-order valence-corrected chi connectivity index (χ3v) is 3.50. The monoisotopic (exact) mass is 290 g/mol. The van der Waals surface area contributed by atoms with Crippen molar-refractivity contribution >= 4 is 15.9 Å². The molecule has 0 saturated carbocycles. The van der Waals surface area contributed by atoms with Gasteiger partial charge in [-0.1, -0.05) is 39.7 Å². The van der Waals surface area contributed by atoms with Gasteiger partial charge in [0, 0.05) is 16.4 Å². The van der Waals surface area contributed by atoms with E-state index in [1.54, 1.807) is 0 Å². The summed E-state index contributed by atoms with van der Waals surface area (Å²) in [6.07, 6.45) is 1.84. The fraction of sp³-hybridized carbons (Fsp3) is 0.214. The molecule has 88 valence electrons. The molecule has 2 nitrogen and oxygen atoms in total. The maximum absolute atomic E-state index is 6.27. The molecular formula is C14H15BrN2. The summed E-state index contributed by atoms with van der Waals surface area (Å²) in [6, 6.07) is 10.1. The van der Waals surface area contributed by atoms with Crippen LogP contribution in [0.25, 0.3) is 0 Å². The molecule has 1 heterocycles. The first kappa shape index (κ1) is 12.3. The summed E-state index contributed by atoms with van der Waals surface area (Å²) in [5.74, 6) is 0. The van der Waals surface area contributed by atoms with Gasteiger partial charge >= 0.3 is 0 Å². The predicted octanol–water partition coefficient (Wildman–Crippen LogP) is 3.51. The molecule has 1 unspecified atom stereocenters. The smallest absolute Gasteiger partial charge is 0.0578 e. The molecule has 17 heavy (non-hydrogen) atoms. The van der Waals surface area contributed by atoms with Crippen molar-refractivity contribution in [2.75, 3.05) is 0 Å². The number of halogens is 1. The van der Waals surface area contributed by atoms with E-state index in [9.17, 15) is 0 Å². The van der Waals surface area contributed by atoms with Crippen LogP contribution in [0.3, 0.4) is 0 Å². The Labute approximate surface area is 110 Å². The van der Waals surface area contributed by atoms with Crippen molar-refractivity contribution in [3.05, 3.63) is 63.4 Å². The Morgan fingerprint density at radius 1 is 1.18 bits per heavy atom. The van der Waals surface area contributed by atoms with E-state index in [1.807, 2.05) is 31.3 Å². The summed E-state index contributed by atoms with van der Waals surface area (Å²) in [5.41, 5.74) is 10.6. The lowest BCUT2D eigenvalue weighted by atomic mass is 9.99. The molecule has 1 aromatic heterocycles. The number of aromatic nitrogens is 1. The van der Waals surface area contributed by atoms with Crippen molar-refractivity contribution in [3.63, 3.8) is 0 Å². The first-order valence-electron chi connectivity index (χ1n) is 5.52. The fourth-order valence-electron chi connectivity index (χ4n) is 1.74. The predicted molar refractivity (Wildman–Crippen MR) is 73.9 cm³/mol. The first-order valence-corrected chi connectivity index (χ1v) is 6.31. The molecule has 0 amide bonds. The third kappa shape index (κ3) is 2.73. The van der Waals surface area contributed by atoms with Crippen LogP contribution < -0.4 is 5.73 Å². The number of aryl methyl sites for hydroxylation is 2. The SMILES string of the molecule is Cc1ccc(Br)c(C(N)c2ccc(C)nc2)c1. The Balaban J connectivity index is 2.39. The van der Waals surface area contributed by atoms with E-state index in [4.69, 9.17) is 5.73 Å². The summed E-state index contributed by atoms with van der Waals surface area (Å²) in [5, 5.41) is 0. The van der Waals surface area contributed by atoms with E-state index in [0.29, 0.717) is 0 Å². The first-order chi connectivity index (χ1) is 8.08. The van der Waals surface area contributed by atoms with Gasteiger partial charge in [-0.25, -0.2) is 0 Å². The normalized spacial score (nSPS) is 12.5. The van der Waals surface area contributed by atoms with Crippen LogP contribution in [0.5, 0.6) is 0 Å². The number of hydrogen-bond donors (Lipinski definition) is 1. The fourth-order valence-corrected chi connectivity index (χ4v) is 2.24. The minimum absolute atomic E-state index is 0.141. The van der Waals surface area contributed by atoms with Gasteiger partial charge < -0.3 is 5.73 Å². The van der Waals surface area contributed by atoms with Crippen LogP contribution >= 0.6 is 15.9 Å². The molecule has 0 spiro atoms. The van der Waals surface area contributed by atoms with Crippen molar-refractivity contribution in [1.82, 2.24) is 4.98 Å². The Hall–Kier alpha value is -1.19. The van der Waals surface area contributed by atoms with Gasteiger partial charge in [-0.2, -0.15) is 0 Å². The van der Waals surface area contributed by atoms with Crippen molar-refractivity contribution in [3.8, 4) is 0 Å². The van der Waals surface area contributed by atoms with Crippen LogP contribution in [0.4, 0.5) is 0 Å². The van der Waals surface area contributed by atoms with Crippen molar-refractivity contribution in [2.45, 2.75) is 19.9 Å². The summed E-state index contributed by atoms with van der Waals surface area (Å²) in [6.45, 7) is 4.04. The lowest BCUT2D eigenvalue weighted by Gasteiger charge is -2.15. The summed E-state index contributed by atoms with van der Waals surface area (Å²) in [7, 11) is 0. The second-order valence-corrected chi connectivity index (χ2v) is 5.09. The number of pyridine rings is 1. The van der Waals surface area contributed by atoms with Gasteiger partial charge in [0.05, 0.1) is 6.04 Å². The van der Waals surface area contributed by atoms with Crippen molar-refractivity contribution in [1.29, 1.82) is 0 Å². The van der Waals surface area contributed by atoms with Gasteiger partial charge in [-0.15, -0.1) is 0 Å². The van der Waals surface area contributed by atoms with Gasteiger partial charge in [0.1, 0.15) is 0 Å². The number of benzene rings is 1. The molecule has 1 atom stereocenters. The Bertz CT molecular complexity index is 520. The van der Waals surface area contributed by atoms with Crippen molar-refractivity contribution < 1.29 is 0 Å². The van der Waals surface area contributed by atoms with E-state index >= 15 is 0 Å². The zero-order chi connectivity index (χ0) is 12.4. The standard InChI is InChI=1S/C14H15BrN2/c1-9-3-6-13(15)12(7-9)14(16)11-5-4-10(2)17-8-11/h3-8,14H,16H2,1-2H3. The zero-order valence-electron chi connectivity index (χ0n) is 9.94. The maximum Gasteiger partial charge on any atom is 0.0578 e. The van der Waals surface area contributed by atoms with Gasteiger partial charge in [0.2, 0.25) is 0 Å². The van der Waals surface area contributed by atoms with Crippen LogP contribution in [0.2, 0.25) is 0 Å². The molecule has 1 aromatic carbocycles. The zero-order valence-corrected chi connectivity index (χ0v) is 11.5. The number of rotatable bonds is 2. The molecule has 0 aliphatic heterocycles. The molecule has 2 rings (SSSR count). The third-order valence-electron chi connectivity index (χ3n) is 2.78. The van der Waals surface area contributed by atoms with Gasteiger partial charge in [-0.05, 0) is 37.1 Å². The van der Waals surface area contributed by atoms with Crippen LogP contribution in [0, 0.1) is 13.8 Å². The van der Waals surface area contributed by atoms with Crippen molar-refractivity contribution in [2.24, 2.45) is 5.73 Å². The Morgan fingerprint density at radius 3 is 2.59 bits per heavy atom. The highest BCUT2D eigenvalue weighted by molar-refractivity contribution is 9.10. The maximum atomic E-state index is 6.27. The molecule has 2 N–H and O–H groups in total. The highest BCUT2D eigenvalue weighted by Gasteiger charge is 2.12. The van der Waals surface area contributed by atoms with E-state index in [0.717, 1.165) is 21.3 Å². The molecule has 0 bridgehead atoms. The lowest BCUT2D eigenvalue weighted by Crippen LogP contribution is -2.13. The highest BCUT2D eigenvalue weighted by Crippen LogP contribution is 2.27. The summed E-state index contributed by atoms with van der Waals surface area (Å²) < 4.78 is 1.04. The summed E-state index contributed by atoms with van der Waals surface area (Å²) in [4.78, 5) is 4.28. The molecule has 3 heteroatoms. The van der Waals surface area contributed by atoms with Crippen LogP contribution in [-0.4, -0.2) is 4.98 Å². The van der Waals surface area contributed by atoms with Crippen LogP contribution in [0.1, 0.15) is 28.4 Å². The molecule has 0 fully saturated rings. The molecule has 0 radical (unpaired) electrons. The van der Waals surface area contributed by atoms with Gasteiger partial charge in [0.25, 0.3) is 0 Å². The second-order valence-electron chi connectivity index (χ2n) is 4.24.